The molecule has 0 aromatic carbocycles. The van der Waals surface area contributed by atoms with Crippen molar-refractivity contribution in [3.63, 3.8) is 0 Å². The molecule has 0 heteroatoms. The Balaban J connectivity index is 1.49. The lowest BCUT2D eigenvalue weighted by Gasteiger charge is -2.64. The lowest BCUT2D eigenvalue weighted by Crippen LogP contribution is -2.57. The monoisotopic (exact) mass is 400 g/mol. The van der Waals surface area contributed by atoms with Crippen molar-refractivity contribution in [3.8, 4) is 0 Å². The van der Waals surface area contributed by atoms with Gasteiger partial charge in [-0.3, -0.25) is 0 Å². The minimum Gasteiger partial charge on any atom is -0.0628 e. The van der Waals surface area contributed by atoms with E-state index in [0.29, 0.717) is 16.2 Å². The van der Waals surface area contributed by atoms with Gasteiger partial charge >= 0.3 is 0 Å². The van der Waals surface area contributed by atoms with E-state index in [1.165, 1.54) is 44.9 Å². The second-order valence-corrected chi connectivity index (χ2v) is 13.9. The minimum absolute atomic E-state index is 0.582. The van der Waals surface area contributed by atoms with Crippen molar-refractivity contribution in [2.45, 2.75) is 126 Å². The quantitative estimate of drug-likeness (QED) is 0.431. The van der Waals surface area contributed by atoms with Gasteiger partial charge in [-0.05, 0) is 109 Å². The van der Waals surface area contributed by atoms with Gasteiger partial charge < -0.3 is 0 Å². The third-order valence-electron chi connectivity index (χ3n) is 11.6. The van der Waals surface area contributed by atoms with E-state index in [9.17, 15) is 0 Å². The molecule has 0 aliphatic heterocycles. The molecule has 0 aromatic rings. The average molecular weight is 401 g/mol. The number of hydrogen-bond acceptors (Lipinski definition) is 0. The van der Waals surface area contributed by atoms with Gasteiger partial charge in [-0.15, -0.1) is 0 Å². The zero-order chi connectivity index (χ0) is 21.0. The van der Waals surface area contributed by atoms with Crippen LogP contribution in [0.3, 0.4) is 0 Å². The zero-order valence-electron chi connectivity index (χ0n) is 21.0. The normalized spacial score (nSPS) is 47.4. The van der Waals surface area contributed by atoms with Gasteiger partial charge in [0.2, 0.25) is 0 Å². The maximum atomic E-state index is 2.77. The molecule has 4 rings (SSSR count). The standard InChI is InChI=1S/C29H52/c1-20(2)10-8-11-21(3)22-16-19-28(6)23(22)12-13-25-24(28)14-15-26-27(4,5)17-9-18-29(25,26)7/h20-26H,8-19H2,1-7H3/t21-,22-,23?,24-,25+,26?,28+,29-/m1/s1. The Labute approximate surface area is 183 Å². The molecule has 168 valence electrons. The van der Waals surface area contributed by atoms with Crippen LogP contribution < -0.4 is 0 Å². The summed E-state index contributed by atoms with van der Waals surface area (Å²) >= 11 is 0. The number of hydrogen-bond donors (Lipinski definition) is 0. The second kappa shape index (κ2) is 7.85. The van der Waals surface area contributed by atoms with Crippen LogP contribution in [0.2, 0.25) is 0 Å². The van der Waals surface area contributed by atoms with Crippen LogP contribution in [-0.4, -0.2) is 0 Å². The summed E-state index contributed by atoms with van der Waals surface area (Å²) in [6.45, 7) is 18.1. The van der Waals surface area contributed by atoms with E-state index in [2.05, 4.69) is 48.5 Å². The van der Waals surface area contributed by atoms with Crippen LogP contribution in [0.5, 0.6) is 0 Å². The molecule has 0 heterocycles. The van der Waals surface area contributed by atoms with E-state index >= 15 is 0 Å². The Morgan fingerprint density at radius 1 is 0.690 bits per heavy atom. The molecule has 4 fully saturated rings. The Morgan fingerprint density at radius 3 is 2.07 bits per heavy atom. The molecule has 0 spiro atoms. The smallest absolute Gasteiger partial charge is 0.0261 e. The van der Waals surface area contributed by atoms with Crippen LogP contribution in [0.4, 0.5) is 0 Å². The molecule has 0 amide bonds. The molecule has 8 atom stereocenters. The van der Waals surface area contributed by atoms with Crippen LogP contribution in [0.1, 0.15) is 126 Å². The molecule has 0 nitrogen and oxygen atoms in total. The zero-order valence-corrected chi connectivity index (χ0v) is 21.0. The molecular weight excluding hydrogens is 348 g/mol. The van der Waals surface area contributed by atoms with E-state index in [1.807, 2.05) is 0 Å². The Morgan fingerprint density at radius 2 is 1.34 bits per heavy atom. The number of fused-ring (bicyclic) bond motifs is 5. The molecule has 4 aliphatic rings. The van der Waals surface area contributed by atoms with Gasteiger partial charge in [-0.25, -0.2) is 0 Å². The maximum Gasteiger partial charge on any atom is -0.0261 e. The van der Waals surface area contributed by atoms with E-state index in [0.717, 1.165) is 41.4 Å². The van der Waals surface area contributed by atoms with Crippen molar-refractivity contribution in [1.29, 1.82) is 0 Å². The van der Waals surface area contributed by atoms with Crippen molar-refractivity contribution < 1.29 is 0 Å². The fourth-order valence-corrected chi connectivity index (χ4v) is 10.1. The SMILES string of the molecule is CC(C)CCC[C@@H](C)[C@H]1CC[C@@]2(C)C1CC[C@H]1[C@H]2CCC2C(C)(C)CCC[C@@]21C. The van der Waals surface area contributed by atoms with Gasteiger partial charge in [0.25, 0.3) is 0 Å². The molecule has 0 aromatic heterocycles. The number of rotatable bonds is 5. The first-order valence-corrected chi connectivity index (χ1v) is 13.6. The molecule has 0 bridgehead atoms. The fourth-order valence-electron chi connectivity index (χ4n) is 10.1. The van der Waals surface area contributed by atoms with Crippen LogP contribution >= 0.6 is 0 Å². The summed E-state index contributed by atoms with van der Waals surface area (Å²) in [5.41, 5.74) is 1.88. The predicted molar refractivity (Wildman–Crippen MR) is 127 cm³/mol. The fraction of sp³-hybridized carbons (Fsp3) is 1.00. The van der Waals surface area contributed by atoms with Crippen molar-refractivity contribution >= 4 is 0 Å². The van der Waals surface area contributed by atoms with Crippen molar-refractivity contribution in [1.82, 2.24) is 0 Å². The first-order valence-electron chi connectivity index (χ1n) is 13.6. The molecular formula is C29H52. The summed E-state index contributed by atoms with van der Waals surface area (Å²) < 4.78 is 0. The van der Waals surface area contributed by atoms with E-state index in [1.54, 1.807) is 32.1 Å². The van der Waals surface area contributed by atoms with E-state index in [-0.39, 0.29) is 0 Å². The van der Waals surface area contributed by atoms with Crippen molar-refractivity contribution in [3.05, 3.63) is 0 Å². The van der Waals surface area contributed by atoms with Gasteiger partial charge in [0.1, 0.15) is 0 Å². The molecule has 2 unspecified atom stereocenters. The van der Waals surface area contributed by atoms with E-state index in [4.69, 9.17) is 0 Å². The Hall–Kier alpha value is 0. The first kappa shape index (κ1) is 22.2. The summed E-state index contributed by atoms with van der Waals surface area (Å²) in [6, 6.07) is 0. The van der Waals surface area contributed by atoms with E-state index < -0.39 is 0 Å². The maximum absolute atomic E-state index is 2.77. The third kappa shape index (κ3) is 3.65. The summed E-state index contributed by atoms with van der Waals surface area (Å²) in [4.78, 5) is 0. The predicted octanol–water partition coefficient (Wildman–Crippen LogP) is 9.13. The van der Waals surface area contributed by atoms with Crippen LogP contribution in [0.25, 0.3) is 0 Å². The van der Waals surface area contributed by atoms with Gasteiger partial charge in [0.15, 0.2) is 0 Å². The lowest BCUT2D eigenvalue weighted by atomic mass is 9.40. The van der Waals surface area contributed by atoms with Gasteiger partial charge in [0, 0.05) is 0 Å². The Kier molecular flexibility index (Phi) is 6.01. The molecule has 29 heavy (non-hydrogen) atoms. The second-order valence-electron chi connectivity index (χ2n) is 13.9. The van der Waals surface area contributed by atoms with Crippen LogP contribution in [0.15, 0.2) is 0 Å². The lowest BCUT2D eigenvalue weighted by molar-refractivity contribution is -0.155. The summed E-state index contributed by atoms with van der Waals surface area (Å²) in [5.74, 6) is 6.94. The molecule has 0 N–H and O–H groups in total. The van der Waals surface area contributed by atoms with Gasteiger partial charge in [-0.2, -0.15) is 0 Å². The summed E-state index contributed by atoms with van der Waals surface area (Å²) in [7, 11) is 0. The third-order valence-corrected chi connectivity index (χ3v) is 11.6. The van der Waals surface area contributed by atoms with Crippen molar-refractivity contribution in [2.24, 2.45) is 57.7 Å². The molecule has 4 saturated carbocycles. The van der Waals surface area contributed by atoms with Gasteiger partial charge in [-0.1, -0.05) is 74.1 Å². The molecule has 0 saturated heterocycles. The van der Waals surface area contributed by atoms with Crippen LogP contribution in [-0.2, 0) is 0 Å². The Bertz CT molecular complexity index is 573. The summed E-state index contributed by atoms with van der Waals surface area (Å²) in [6.07, 6.45) is 18.1. The highest BCUT2D eigenvalue weighted by Crippen LogP contribution is 2.70. The highest BCUT2D eigenvalue weighted by atomic mass is 14.7. The largest absolute Gasteiger partial charge is 0.0628 e. The summed E-state index contributed by atoms with van der Waals surface area (Å²) in [5, 5.41) is 0. The highest BCUT2D eigenvalue weighted by molar-refractivity contribution is 5.11. The van der Waals surface area contributed by atoms with Gasteiger partial charge in [0.05, 0.1) is 0 Å². The topological polar surface area (TPSA) is 0 Å². The molecule has 4 aliphatic carbocycles. The first-order chi connectivity index (χ1) is 13.6. The highest BCUT2D eigenvalue weighted by Gasteiger charge is 2.62. The van der Waals surface area contributed by atoms with Crippen LogP contribution in [0, 0.1) is 57.7 Å². The molecule has 0 radical (unpaired) electrons. The minimum atomic E-state index is 0.582. The van der Waals surface area contributed by atoms with Crippen molar-refractivity contribution in [2.75, 3.05) is 0 Å². The average Bonchev–Trinajstić information content (AvgIpc) is 2.98.